The first-order valence-corrected chi connectivity index (χ1v) is 7.84. The molecule has 0 amide bonds. The minimum atomic E-state index is -0.449. The van der Waals surface area contributed by atoms with Crippen molar-refractivity contribution in [3.63, 3.8) is 0 Å². The quantitative estimate of drug-likeness (QED) is 0.588. The maximum absolute atomic E-state index is 12.0. The van der Waals surface area contributed by atoms with E-state index in [1.165, 1.54) is 0 Å². The molecule has 0 saturated carbocycles. The number of halogens is 1. The van der Waals surface area contributed by atoms with Crippen LogP contribution in [-0.2, 0) is 10.2 Å². The highest BCUT2D eigenvalue weighted by atomic mass is 35.5. The summed E-state index contributed by atoms with van der Waals surface area (Å²) in [5, 5.41) is 0.639. The zero-order valence-electron chi connectivity index (χ0n) is 13.9. The molecule has 2 aromatic carbocycles. The Morgan fingerprint density at radius 2 is 1.83 bits per heavy atom. The van der Waals surface area contributed by atoms with Crippen LogP contribution in [0.15, 0.2) is 42.5 Å². The molecule has 0 spiro atoms. The Morgan fingerprint density at radius 1 is 1.13 bits per heavy atom. The molecule has 4 heteroatoms. The van der Waals surface area contributed by atoms with Crippen LogP contribution in [0.2, 0.25) is 5.02 Å². The zero-order chi connectivity index (χ0) is 17.0. The lowest BCUT2D eigenvalue weighted by Gasteiger charge is -2.22. The van der Waals surface area contributed by atoms with Crippen LogP contribution >= 0.6 is 11.6 Å². The maximum atomic E-state index is 12.0. The number of carbonyl (C=O) groups excluding carboxylic acids is 1. The Kier molecular flexibility index (Phi) is 5.32. The van der Waals surface area contributed by atoms with Crippen molar-refractivity contribution in [2.24, 2.45) is 0 Å². The van der Waals surface area contributed by atoms with Gasteiger partial charge in [0.05, 0.1) is 0 Å². The standard InChI is InChI=1S/C19H21ClO3/c1-13-11-14(9-10-16(13)20)23-18(21)12-22-17-8-6-5-7-15(17)19(2,3)4/h5-11H,12H2,1-4H3. The molecule has 0 fully saturated rings. The number of benzene rings is 2. The Morgan fingerprint density at radius 3 is 2.48 bits per heavy atom. The molecule has 0 aliphatic carbocycles. The average molecular weight is 333 g/mol. The Balaban J connectivity index is 2.01. The van der Waals surface area contributed by atoms with Crippen LogP contribution in [0.4, 0.5) is 0 Å². The fraction of sp³-hybridized carbons (Fsp3) is 0.316. The van der Waals surface area contributed by atoms with Crippen molar-refractivity contribution in [1.82, 2.24) is 0 Å². The van der Waals surface area contributed by atoms with Crippen LogP contribution in [0.3, 0.4) is 0 Å². The summed E-state index contributed by atoms with van der Waals surface area (Å²) in [5.41, 5.74) is 1.85. The second-order valence-electron chi connectivity index (χ2n) is 6.42. The number of para-hydroxylation sites is 1. The molecule has 2 rings (SSSR count). The number of hydrogen-bond acceptors (Lipinski definition) is 3. The van der Waals surface area contributed by atoms with E-state index in [4.69, 9.17) is 21.1 Å². The summed E-state index contributed by atoms with van der Waals surface area (Å²) in [6.45, 7) is 8.02. The zero-order valence-corrected chi connectivity index (χ0v) is 14.6. The minimum Gasteiger partial charge on any atom is -0.482 e. The van der Waals surface area contributed by atoms with Crippen LogP contribution in [-0.4, -0.2) is 12.6 Å². The van der Waals surface area contributed by atoms with E-state index in [0.717, 1.165) is 11.1 Å². The summed E-state index contributed by atoms with van der Waals surface area (Å²) < 4.78 is 10.9. The molecule has 2 aromatic rings. The van der Waals surface area contributed by atoms with Gasteiger partial charge in [0.1, 0.15) is 11.5 Å². The van der Waals surface area contributed by atoms with E-state index in [1.807, 2.05) is 31.2 Å². The van der Waals surface area contributed by atoms with Gasteiger partial charge in [0.25, 0.3) is 0 Å². The van der Waals surface area contributed by atoms with Crippen LogP contribution in [0.1, 0.15) is 31.9 Å². The summed E-state index contributed by atoms with van der Waals surface area (Å²) in [7, 11) is 0. The molecule has 0 radical (unpaired) electrons. The monoisotopic (exact) mass is 332 g/mol. The third-order valence-electron chi connectivity index (χ3n) is 3.40. The molecular weight excluding hydrogens is 312 g/mol. The van der Waals surface area contributed by atoms with Crippen molar-refractivity contribution in [2.75, 3.05) is 6.61 Å². The number of carbonyl (C=O) groups is 1. The molecule has 0 aromatic heterocycles. The lowest BCUT2D eigenvalue weighted by molar-refractivity contribution is -0.136. The van der Waals surface area contributed by atoms with Gasteiger partial charge in [-0.3, -0.25) is 0 Å². The predicted octanol–water partition coefficient (Wildman–Crippen LogP) is 4.93. The number of aryl methyl sites for hydroxylation is 1. The van der Waals surface area contributed by atoms with Gasteiger partial charge in [-0.05, 0) is 47.7 Å². The van der Waals surface area contributed by atoms with Gasteiger partial charge in [-0.15, -0.1) is 0 Å². The highest BCUT2D eigenvalue weighted by Gasteiger charge is 2.19. The molecule has 3 nitrogen and oxygen atoms in total. The summed E-state index contributed by atoms with van der Waals surface area (Å²) in [5.74, 6) is 0.712. The fourth-order valence-corrected chi connectivity index (χ4v) is 2.31. The molecule has 0 aliphatic rings. The molecular formula is C19H21ClO3. The van der Waals surface area contributed by atoms with Gasteiger partial charge in [-0.25, -0.2) is 4.79 Å². The van der Waals surface area contributed by atoms with Crippen LogP contribution in [0.25, 0.3) is 0 Å². The highest BCUT2D eigenvalue weighted by molar-refractivity contribution is 6.31. The summed E-state index contributed by atoms with van der Waals surface area (Å²) in [6.07, 6.45) is 0. The van der Waals surface area contributed by atoms with Crippen molar-refractivity contribution in [2.45, 2.75) is 33.1 Å². The molecule has 0 saturated heterocycles. The first-order valence-electron chi connectivity index (χ1n) is 7.46. The lowest BCUT2D eigenvalue weighted by Crippen LogP contribution is -2.20. The van der Waals surface area contributed by atoms with Gasteiger partial charge in [0.2, 0.25) is 0 Å². The van der Waals surface area contributed by atoms with Gasteiger partial charge in [0, 0.05) is 5.02 Å². The van der Waals surface area contributed by atoms with E-state index >= 15 is 0 Å². The van der Waals surface area contributed by atoms with Crippen LogP contribution < -0.4 is 9.47 Å². The third-order valence-corrected chi connectivity index (χ3v) is 3.83. The van der Waals surface area contributed by atoms with Gasteiger partial charge < -0.3 is 9.47 Å². The smallest absolute Gasteiger partial charge is 0.349 e. The van der Waals surface area contributed by atoms with E-state index in [9.17, 15) is 4.79 Å². The van der Waals surface area contributed by atoms with E-state index in [1.54, 1.807) is 18.2 Å². The molecule has 122 valence electrons. The fourth-order valence-electron chi connectivity index (χ4n) is 2.19. The van der Waals surface area contributed by atoms with E-state index in [2.05, 4.69) is 20.8 Å². The van der Waals surface area contributed by atoms with Crippen molar-refractivity contribution >= 4 is 17.6 Å². The highest BCUT2D eigenvalue weighted by Crippen LogP contribution is 2.31. The molecule has 23 heavy (non-hydrogen) atoms. The number of rotatable bonds is 4. The first-order chi connectivity index (χ1) is 10.8. The Labute approximate surface area is 142 Å². The summed E-state index contributed by atoms with van der Waals surface area (Å²) in [6, 6.07) is 12.8. The molecule has 0 aliphatic heterocycles. The molecule has 0 unspecified atom stereocenters. The summed E-state index contributed by atoms with van der Waals surface area (Å²) in [4.78, 5) is 12.0. The molecule has 0 bridgehead atoms. The average Bonchev–Trinajstić information content (AvgIpc) is 2.48. The largest absolute Gasteiger partial charge is 0.482 e. The second-order valence-corrected chi connectivity index (χ2v) is 6.83. The number of esters is 1. The van der Waals surface area contributed by atoms with Crippen LogP contribution in [0.5, 0.6) is 11.5 Å². The van der Waals surface area contributed by atoms with Gasteiger partial charge in [0.15, 0.2) is 6.61 Å². The van der Waals surface area contributed by atoms with Crippen molar-refractivity contribution in [1.29, 1.82) is 0 Å². The first kappa shape index (κ1) is 17.4. The maximum Gasteiger partial charge on any atom is 0.349 e. The van der Waals surface area contributed by atoms with E-state index in [-0.39, 0.29) is 12.0 Å². The minimum absolute atomic E-state index is 0.0617. The van der Waals surface area contributed by atoms with E-state index in [0.29, 0.717) is 16.5 Å². The van der Waals surface area contributed by atoms with Crippen molar-refractivity contribution in [3.8, 4) is 11.5 Å². The molecule has 0 atom stereocenters. The SMILES string of the molecule is Cc1cc(OC(=O)COc2ccccc2C(C)(C)C)ccc1Cl. The molecule has 0 heterocycles. The van der Waals surface area contributed by atoms with Gasteiger partial charge in [-0.1, -0.05) is 50.6 Å². The van der Waals surface area contributed by atoms with Crippen molar-refractivity contribution in [3.05, 3.63) is 58.6 Å². The topological polar surface area (TPSA) is 35.5 Å². The molecule has 0 N–H and O–H groups in total. The Hall–Kier alpha value is -2.00. The Bertz CT molecular complexity index is 702. The number of hydrogen-bond donors (Lipinski definition) is 0. The van der Waals surface area contributed by atoms with Crippen molar-refractivity contribution < 1.29 is 14.3 Å². The third kappa shape index (κ3) is 4.73. The van der Waals surface area contributed by atoms with Gasteiger partial charge >= 0.3 is 5.97 Å². The van der Waals surface area contributed by atoms with E-state index < -0.39 is 5.97 Å². The summed E-state index contributed by atoms with van der Waals surface area (Å²) >= 11 is 5.95. The van der Waals surface area contributed by atoms with Crippen LogP contribution in [0, 0.1) is 6.92 Å². The lowest BCUT2D eigenvalue weighted by atomic mass is 9.86. The predicted molar refractivity (Wildman–Crippen MR) is 92.5 cm³/mol. The number of ether oxygens (including phenoxy) is 2. The van der Waals surface area contributed by atoms with Gasteiger partial charge in [-0.2, -0.15) is 0 Å². The second kappa shape index (κ2) is 7.05. The normalized spacial score (nSPS) is 11.2.